The zero-order chi connectivity index (χ0) is 46.9. The Hall–Kier alpha value is -4.49. The van der Waals surface area contributed by atoms with E-state index in [-0.39, 0.29) is 11.6 Å². The highest BCUT2D eigenvalue weighted by Gasteiger charge is 2.32. The van der Waals surface area contributed by atoms with Crippen molar-refractivity contribution in [3.63, 3.8) is 0 Å². The fourth-order valence-corrected chi connectivity index (χ4v) is 8.49. The number of hydrogen-bond acceptors (Lipinski definition) is 11. The van der Waals surface area contributed by atoms with Gasteiger partial charge in [-0.2, -0.15) is 0 Å². The summed E-state index contributed by atoms with van der Waals surface area (Å²) < 4.78 is 32.7. The van der Waals surface area contributed by atoms with Crippen LogP contribution in [0, 0.1) is 10.8 Å². The molecule has 0 N–H and O–H groups in total. The number of hydrogen-bond donors (Lipinski definition) is 0. The Morgan fingerprint density at radius 1 is 0.698 bits per heavy atom. The first-order valence-electron chi connectivity index (χ1n) is 21.1. The van der Waals surface area contributed by atoms with Gasteiger partial charge in [0, 0.05) is 58.1 Å². The average molecular weight is 964 g/mol. The predicted molar refractivity (Wildman–Crippen MR) is 262 cm³/mol. The molecule has 0 aliphatic carbocycles. The van der Waals surface area contributed by atoms with E-state index in [0.29, 0.717) is 101 Å². The minimum Gasteiger partial charge on any atom is -0.493 e. The molecule has 4 heterocycles. The molecule has 0 atom stereocenters. The molecule has 0 saturated carbocycles. The van der Waals surface area contributed by atoms with Gasteiger partial charge in [0.1, 0.15) is 29.1 Å². The van der Waals surface area contributed by atoms with Gasteiger partial charge in [-0.25, -0.2) is 19.9 Å². The quantitative estimate of drug-likeness (QED) is 0.0283. The number of benzene rings is 1. The first-order valence-corrected chi connectivity index (χ1v) is 29.4. The number of nitrogens with zero attached hydrogens (tertiary/aromatic N) is 6. The van der Waals surface area contributed by atoms with Crippen LogP contribution in [0.4, 0.5) is 0 Å². The molecule has 13 nitrogen and oxygen atoms in total. The maximum Gasteiger partial charge on any atom is 0.203 e. The molecule has 0 spiro atoms. The first kappa shape index (κ1) is 51.2. The lowest BCUT2D eigenvalue weighted by atomic mass is 9.82. The summed E-state index contributed by atoms with van der Waals surface area (Å²) in [5.74, 6) is 1.53. The van der Waals surface area contributed by atoms with Gasteiger partial charge in [-0.05, 0) is 53.0 Å². The molecule has 5 aromatic rings. The van der Waals surface area contributed by atoms with Crippen LogP contribution in [-0.4, -0.2) is 91.3 Å². The van der Waals surface area contributed by atoms with Crippen LogP contribution in [0.25, 0.3) is 33.6 Å². The first-order chi connectivity index (χ1) is 29.5. The third kappa shape index (κ3) is 13.3. The summed E-state index contributed by atoms with van der Waals surface area (Å²) in [6.45, 7) is 31.2. The number of ketones is 2. The van der Waals surface area contributed by atoms with Crippen molar-refractivity contribution in [2.45, 2.75) is 105 Å². The third-order valence-corrected chi connectivity index (χ3v) is 14.3. The van der Waals surface area contributed by atoms with Crippen LogP contribution >= 0.6 is 15.9 Å². The maximum absolute atomic E-state index is 13.7. The topological polar surface area (TPSA) is 142 Å². The van der Waals surface area contributed by atoms with Crippen molar-refractivity contribution in [1.29, 1.82) is 0 Å². The molecule has 0 amide bonds. The summed E-state index contributed by atoms with van der Waals surface area (Å²) in [6, 6.07) is 5.79. The molecule has 16 heteroatoms. The average Bonchev–Trinajstić information content (AvgIpc) is 3.76. The van der Waals surface area contributed by atoms with Crippen molar-refractivity contribution >= 4 is 66.0 Å². The Bertz CT molecular complexity index is 2390. The number of methoxy groups -OCH3 is 3. The zero-order valence-corrected chi connectivity index (χ0v) is 43.2. The lowest BCUT2D eigenvalue weighted by Crippen LogP contribution is -2.23. The van der Waals surface area contributed by atoms with E-state index in [9.17, 15) is 9.59 Å². The highest BCUT2D eigenvalue weighted by Crippen LogP contribution is 2.41. The molecule has 63 heavy (non-hydrogen) atoms. The molecule has 0 fully saturated rings. The molecule has 5 rings (SSSR count). The van der Waals surface area contributed by atoms with Gasteiger partial charge in [0.2, 0.25) is 5.75 Å². The molecule has 0 unspecified atom stereocenters. The molecular formula is C47H67BrN6O7Si2. The van der Waals surface area contributed by atoms with Crippen LogP contribution < -0.4 is 14.2 Å². The summed E-state index contributed by atoms with van der Waals surface area (Å²) in [5.41, 5.74) is 3.63. The normalized spacial score (nSPS) is 12.2. The minimum atomic E-state index is -1.22. The van der Waals surface area contributed by atoms with Crippen LogP contribution in [0.5, 0.6) is 17.2 Å². The third-order valence-electron chi connectivity index (χ3n) is 10.5. The smallest absolute Gasteiger partial charge is 0.203 e. The van der Waals surface area contributed by atoms with E-state index in [1.165, 1.54) is 0 Å². The molecule has 0 saturated heterocycles. The maximum atomic E-state index is 13.7. The highest BCUT2D eigenvalue weighted by atomic mass is 79.9. The van der Waals surface area contributed by atoms with Crippen molar-refractivity contribution < 1.29 is 33.3 Å². The van der Waals surface area contributed by atoms with Gasteiger partial charge >= 0.3 is 0 Å². The summed E-state index contributed by atoms with van der Waals surface area (Å²) in [7, 11) is 2.34. The number of halogens is 1. The number of carbonyl (C=O) groups excluding carboxylic acids is 2. The summed E-state index contributed by atoms with van der Waals surface area (Å²) in [4.78, 5) is 45.3. The Morgan fingerprint density at radius 3 is 1.52 bits per heavy atom. The largest absolute Gasteiger partial charge is 0.493 e. The van der Waals surface area contributed by atoms with E-state index in [1.807, 2.05) is 61.4 Å². The number of allylic oxidation sites excluding steroid dienone is 2. The predicted octanol–water partition coefficient (Wildman–Crippen LogP) is 11.5. The van der Waals surface area contributed by atoms with Crippen molar-refractivity contribution in [2.75, 3.05) is 34.5 Å². The Morgan fingerprint density at radius 2 is 1.13 bits per heavy atom. The summed E-state index contributed by atoms with van der Waals surface area (Å²) in [5, 5.41) is 0. The molecular weight excluding hydrogens is 897 g/mol. The van der Waals surface area contributed by atoms with Crippen molar-refractivity contribution in [2.24, 2.45) is 10.8 Å². The Kier molecular flexibility index (Phi) is 17.4. The van der Waals surface area contributed by atoms with Gasteiger partial charge in [-0.3, -0.25) is 9.59 Å². The van der Waals surface area contributed by atoms with Gasteiger partial charge in [-0.15, -0.1) is 13.2 Å². The highest BCUT2D eigenvalue weighted by molar-refractivity contribution is 9.10. The molecule has 1 aromatic carbocycles. The number of Topliss-reactive ketones (excluding diaryl/α,β-unsaturated/α-hetero) is 2. The minimum absolute atomic E-state index is 0.0189. The lowest BCUT2D eigenvalue weighted by Gasteiger charge is -2.20. The van der Waals surface area contributed by atoms with E-state index in [2.05, 4.69) is 78.3 Å². The second-order valence-electron chi connectivity index (χ2n) is 19.3. The van der Waals surface area contributed by atoms with E-state index < -0.39 is 27.0 Å². The zero-order valence-electron chi connectivity index (χ0n) is 39.6. The molecule has 0 aliphatic rings. The van der Waals surface area contributed by atoms with Crippen LogP contribution in [0.2, 0.25) is 51.4 Å². The van der Waals surface area contributed by atoms with Gasteiger partial charge in [0.05, 0.1) is 50.5 Å². The van der Waals surface area contributed by atoms with Crippen LogP contribution in [0.1, 0.15) is 61.3 Å². The standard InChI is InChI=1S/C28H39N3O5Si.C19H28BrN3O2Si/c1-10-11-28(2,3)26(32)20-17-31(18-36-12-13-37(7,8)9)27-24(20)30-21(16-29-27)19-14-22(33-4)25(35-6)23(15-19)34-5;1-7-8-19(2,3)17(24)14-12-23(13-25-9-10-26(4,5)6)18-16(14)22-15(20)11-21-18/h10,14-17H,1,11-13,18H2,2-9H3;7,11-12H,1,8-10,13H2,2-6H3. The van der Waals surface area contributed by atoms with E-state index in [1.54, 1.807) is 45.9 Å². The van der Waals surface area contributed by atoms with Crippen LogP contribution in [-0.2, 0) is 22.9 Å². The van der Waals surface area contributed by atoms with Gasteiger partial charge in [0.15, 0.2) is 34.4 Å². The number of ether oxygens (including phenoxy) is 5. The number of rotatable bonds is 22. The van der Waals surface area contributed by atoms with E-state index in [4.69, 9.17) is 33.7 Å². The van der Waals surface area contributed by atoms with Crippen molar-refractivity contribution in [3.05, 3.63) is 78.0 Å². The Labute approximate surface area is 383 Å². The van der Waals surface area contributed by atoms with Crippen LogP contribution in [0.3, 0.4) is 0 Å². The second-order valence-corrected chi connectivity index (χ2v) is 31.4. The molecule has 0 aliphatic heterocycles. The van der Waals surface area contributed by atoms with Gasteiger partial charge < -0.3 is 32.8 Å². The summed E-state index contributed by atoms with van der Waals surface area (Å²) in [6.07, 6.45) is 11.7. The SMILES string of the molecule is C=CCC(C)(C)C(=O)c1cn(COCC[Si](C)(C)C)c2ncc(-c3cc(OC)c(OC)c(OC)c3)nc12.C=CCC(C)(C)C(=O)c1cn(COCC[Si](C)(C)C)c2ncc(Br)nc12. The van der Waals surface area contributed by atoms with Gasteiger partial charge in [-0.1, -0.05) is 79.1 Å². The van der Waals surface area contributed by atoms with Crippen molar-refractivity contribution in [1.82, 2.24) is 29.1 Å². The lowest BCUT2D eigenvalue weighted by molar-refractivity contribution is 0.0827. The fourth-order valence-electron chi connectivity index (χ4n) is 6.70. The van der Waals surface area contributed by atoms with Crippen LogP contribution in [0.15, 0.2) is 66.8 Å². The Balaban J connectivity index is 0.000000294. The second kappa shape index (κ2) is 21.5. The fraction of sp³-hybridized carbons (Fsp3) is 0.489. The number of aromatic nitrogens is 6. The molecule has 0 radical (unpaired) electrons. The number of carbonyl (C=O) groups is 2. The molecule has 4 aromatic heterocycles. The van der Waals surface area contributed by atoms with E-state index >= 15 is 0 Å². The number of fused-ring (bicyclic) bond motifs is 2. The van der Waals surface area contributed by atoms with E-state index in [0.717, 1.165) is 17.7 Å². The molecule has 0 bridgehead atoms. The monoisotopic (exact) mass is 962 g/mol. The van der Waals surface area contributed by atoms with Crippen molar-refractivity contribution in [3.8, 4) is 28.5 Å². The van der Waals surface area contributed by atoms with Gasteiger partial charge in [0.25, 0.3) is 0 Å². The summed E-state index contributed by atoms with van der Waals surface area (Å²) >= 11 is 3.35. The molecule has 342 valence electrons.